The van der Waals surface area contributed by atoms with Gasteiger partial charge in [-0.3, -0.25) is 14.8 Å². The van der Waals surface area contributed by atoms with Crippen LogP contribution >= 0.6 is 24.0 Å². The van der Waals surface area contributed by atoms with Gasteiger partial charge >= 0.3 is 6.18 Å². The molecule has 2 aliphatic rings. The second-order valence-electron chi connectivity index (χ2n) is 7.77. The number of hydrogen-bond acceptors (Lipinski definition) is 4. The van der Waals surface area contributed by atoms with Crippen molar-refractivity contribution in [2.45, 2.75) is 32.1 Å². The minimum absolute atomic E-state index is 0. The van der Waals surface area contributed by atoms with Crippen LogP contribution in [0.4, 0.5) is 13.2 Å². The second-order valence-corrected chi connectivity index (χ2v) is 7.77. The summed E-state index contributed by atoms with van der Waals surface area (Å²) in [6, 6.07) is 5.74. The summed E-state index contributed by atoms with van der Waals surface area (Å²) in [5.74, 6) is 0.826. The van der Waals surface area contributed by atoms with Crippen LogP contribution in [-0.2, 0) is 17.5 Å². The minimum Gasteiger partial charge on any atom is -0.379 e. The predicted octanol–water partition coefficient (Wildman–Crippen LogP) is 2.79. The van der Waals surface area contributed by atoms with Gasteiger partial charge in [0.15, 0.2) is 5.96 Å². The molecule has 1 aromatic carbocycles. The molecule has 2 heterocycles. The molecular formula is C21H33F3IN5O. The lowest BCUT2D eigenvalue weighted by molar-refractivity contribution is -0.137. The number of aliphatic imine (C=N–C) groups is 1. The number of guanidine groups is 1. The molecule has 2 saturated heterocycles. The third-order valence-electron chi connectivity index (χ3n) is 5.43. The molecule has 2 fully saturated rings. The summed E-state index contributed by atoms with van der Waals surface area (Å²) in [5, 5.41) is 6.81. The van der Waals surface area contributed by atoms with Crippen LogP contribution in [0.2, 0.25) is 0 Å². The van der Waals surface area contributed by atoms with Crippen LogP contribution in [0.3, 0.4) is 0 Å². The van der Waals surface area contributed by atoms with Crippen LogP contribution in [0.15, 0.2) is 29.3 Å². The van der Waals surface area contributed by atoms with E-state index in [0.717, 1.165) is 89.1 Å². The zero-order valence-electron chi connectivity index (χ0n) is 18.0. The fourth-order valence-electron chi connectivity index (χ4n) is 3.79. The molecule has 1 unspecified atom stereocenters. The highest BCUT2D eigenvalue weighted by Gasteiger charge is 2.30. The summed E-state index contributed by atoms with van der Waals surface area (Å²) in [7, 11) is 0. The van der Waals surface area contributed by atoms with Gasteiger partial charge in [0.25, 0.3) is 0 Å². The van der Waals surface area contributed by atoms with Crippen molar-refractivity contribution in [2.24, 2.45) is 4.99 Å². The lowest BCUT2D eigenvalue weighted by atomic mass is 10.1. The first-order valence-electron chi connectivity index (χ1n) is 10.7. The largest absolute Gasteiger partial charge is 0.416 e. The third kappa shape index (κ3) is 8.74. The van der Waals surface area contributed by atoms with E-state index in [1.54, 1.807) is 12.1 Å². The normalized spacial score (nSPS) is 21.0. The number of rotatable bonds is 7. The highest BCUT2D eigenvalue weighted by atomic mass is 127. The lowest BCUT2D eigenvalue weighted by Crippen LogP contribution is -2.45. The molecule has 0 amide bonds. The van der Waals surface area contributed by atoms with Crippen molar-refractivity contribution in [1.82, 2.24) is 20.4 Å². The van der Waals surface area contributed by atoms with E-state index in [1.807, 2.05) is 6.92 Å². The van der Waals surface area contributed by atoms with E-state index in [1.165, 1.54) is 0 Å². The lowest BCUT2D eigenvalue weighted by Gasteiger charge is -2.26. The zero-order valence-corrected chi connectivity index (χ0v) is 20.3. The van der Waals surface area contributed by atoms with Crippen molar-refractivity contribution in [3.8, 4) is 0 Å². The molecule has 1 aromatic rings. The van der Waals surface area contributed by atoms with Gasteiger partial charge in [-0.25, -0.2) is 0 Å². The molecule has 3 rings (SSSR count). The monoisotopic (exact) mass is 555 g/mol. The molecule has 1 atom stereocenters. The van der Waals surface area contributed by atoms with Gasteiger partial charge in [0.2, 0.25) is 0 Å². The number of benzene rings is 1. The number of hydrogen-bond donors (Lipinski definition) is 2. The molecular weight excluding hydrogens is 522 g/mol. The van der Waals surface area contributed by atoms with Crippen molar-refractivity contribution in [1.29, 1.82) is 0 Å². The molecule has 0 aliphatic carbocycles. The fourth-order valence-corrected chi connectivity index (χ4v) is 3.79. The maximum absolute atomic E-state index is 12.7. The summed E-state index contributed by atoms with van der Waals surface area (Å²) in [4.78, 5) is 9.32. The average molecular weight is 555 g/mol. The number of morpholine rings is 1. The Balaban J connectivity index is 0.00000341. The first-order chi connectivity index (χ1) is 14.4. The quantitative estimate of drug-likeness (QED) is 0.308. The van der Waals surface area contributed by atoms with Gasteiger partial charge in [0.05, 0.1) is 25.3 Å². The van der Waals surface area contributed by atoms with Crippen molar-refractivity contribution in [3.05, 3.63) is 35.4 Å². The van der Waals surface area contributed by atoms with E-state index < -0.39 is 11.7 Å². The van der Waals surface area contributed by atoms with Gasteiger partial charge in [0.1, 0.15) is 0 Å². The number of nitrogens with one attached hydrogen (secondary N) is 2. The van der Waals surface area contributed by atoms with Crippen molar-refractivity contribution in [3.63, 3.8) is 0 Å². The van der Waals surface area contributed by atoms with Gasteiger partial charge in [-0.15, -0.1) is 24.0 Å². The molecule has 0 saturated carbocycles. The van der Waals surface area contributed by atoms with Crippen LogP contribution in [0, 0.1) is 0 Å². The number of nitrogens with zero attached hydrogens (tertiary/aromatic N) is 3. The standard InChI is InChI=1S/C21H32F3N5O.HI/c1-2-25-20(26-8-10-28-11-13-30-14-12-28)27-19-7-9-29(16-19)15-17-3-5-18(6-4-17)21(22,23)24;/h3-6,19H,2,7-16H2,1H3,(H2,25,26,27);1H. The summed E-state index contributed by atoms with van der Waals surface area (Å²) in [5.41, 5.74) is 0.297. The average Bonchev–Trinajstić information content (AvgIpc) is 3.15. The molecule has 10 heteroatoms. The molecule has 2 N–H and O–H groups in total. The summed E-state index contributed by atoms with van der Waals surface area (Å²) >= 11 is 0. The van der Waals surface area contributed by atoms with E-state index in [-0.39, 0.29) is 30.0 Å². The highest BCUT2D eigenvalue weighted by Crippen LogP contribution is 2.29. The number of alkyl halides is 3. The molecule has 176 valence electrons. The molecule has 6 nitrogen and oxygen atoms in total. The Morgan fingerprint density at radius 3 is 2.48 bits per heavy atom. The van der Waals surface area contributed by atoms with E-state index in [9.17, 15) is 13.2 Å². The van der Waals surface area contributed by atoms with Gasteiger partial charge < -0.3 is 15.4 Å². The van der Waals surface area contributed by atoms with Crippen LogP contribution in [0.25, 0.3) is 0 Å². The van der Waals surface area contributed by atoms with Crippen molar-refractivity contribution >= 4 is 29.9 Å². The molecule has 0 spiro atoms. The van der Waals surface area contributed by atoms with Gasteiger partial charge in [-0.1, -0.05) is 12.1 Å². The summed E-state index contributed by atoms with van der Waals surface area (Å²) in [6.07, 6.45) is -3.31. The Kier molecular flexibility index (Phi) is 10.8. The van der Waals surface area contributed by atoms with Crippen molar-refractivity contribution in [2.75, 3.05) is 59.0 Å². The van der Waals surface area contributed by atoms with Gasteiger partial charge in [-0.05, 0) is 31.0 Å². The van der Waals surface area contributed by atoms with Crippen LogP contribution in [0.5, 0.6) is 0 Å². The smallest absolute Gasteiger partial charge is 0.379 e. The maximum Gasteiger partial charge on any atom is 0.416 e. The van der Waals surface area contributed by atoms with E-state index in [2.05, 4.69) is 20.4 Å². The van der Waals surface area contributed by atoms with Crippen LogP contribution in [0.1, 0.15) is 24.5 Å². The van der Waals surface area contributed by atoms with E-state index >= 15 is 0 Å². The first-order valence-corrected chi connectivity index (χ1v) is 10.7. The Bertz CT molecular complexity index is 681. The van der Waals surface area contributed by atoms with E-state index in [0.29, 0.717) is 6.54 Å². The van der Waals surface area contributed by atoms with Gasteiger partial charge in [0, 0.05) is 51.9 Å². The molecule has 0 bridgehead atoms. The van der Waals surface area contributed by atoms with E-state index in [4.69, 9.17) is 9.73 Å². The Labute approximate surface area is 199 Å². The zero-order chi connectivity index (χ0) is 21.4. The highest BCUT2D eigenvalue weighted by molar-refractivity contribution is 14.0. The molecule has 0 radical (unpaired) electrons. The molecule has 31 heavy (non-hydrogen) atoms. The van der Waals surface area contributed by atoms with Crippen LogP contribution in [-0.4, -0.2) is 80.8 Å². The minimum atomic E-state index is -4.29. The Morgan fingerprint density at radius 2 is 1.84 bits per heavy atom. The Morgan fingerprint density at radius 1 is 1.13 bits per heavy atom. The Hall–Kier alpha value is -1.11. The number of halogens is 4. The predicted molar refractivity (Wildman–Crippen MR) is 127 cm³/mol. The third-order valence-corrected chi connectivity index (χ3v) is 5.43. The molecule has 2 aliphatic heterocycles. The number of likely N-dealkylation sites (tertiary alicyclic amines) is 1. The SMILES string of the molecule is CCNC(=NCCN1CCOCC1)NC1CCN(Cc2ccc(C(F)(F)F)cc2)C1.I. The first kappa shape index (κ1) is 26.1. The fraction of sp³-hybridized carbons (Fsp3) is 0.667. The summed E-state index contributed by atoms with van der Waals surface area (Å²) < 4.78 is 43.5. The van der Waals surface area contributed by atoms with Crippen molar-refractivity contribution < 1.29 is 17.9 Å². The second kappa shape index (κ2) is 12.8. The van der Waals surface area contributed by atoms with Gasteiger partial charge in [-0.2, -0.15) is 13.2 Å². The molecule has 0 aromatic heterocycles. The number of ether oxygens (including phenoxy) is 1. The van der Waals surface area contributed by atoms with Crippen LogP contribution < -0.4 is 10.6 Å². The maximum atomic E-state index is 12.7. The topological polar surface area (TPSA) is 52.1 Å². The summed E-state index contributed by atoms with van der Waals surface area (Å²) in [6.45, 7) is 10.4.